The van der Waals surface area contributed by atoms with E-state index in [1.54, 1.807) is 11.3 Å². The van der Waals surface area contributed by atoms with Crippen LogP contribution in [0.2, 0.25) is 0 Å². The second kappa shape index (κ2) is 5.36. The summed E-state index contributed by atoms with van der Waals surface area (Å²) in [6.45, 7) is 4.04. The summed E-state index contributed by atoms with van der Waals surface area (Å²) >= 11 is 1.71. The number of thiophene rings is 1. The minimum Gasteiger partial charge on any atom is -0.380 e. The number of aliphatic hydroxyl groups is 1. The van der Waals surface area contributed by atoms with Gasteiger partial charge in [0.25, 0.3) is 0 Å². The van der Waals surface area contributed by atoms with Crippen LogP contribution >= 0.6 is 11.3 Å². The standard InChI is InChI=1S/C15H22OS/c1-12-10-11-14(17-12)15(2,16)13-8-6-4-3-5-7-9-13/h8,10-11,16H,3-7,9H2,1-2H3/b13-8+. The van der Waals surface area contributed by atoms with Gasteiger partial charge in [0, 0.05) is 9.75 Å². The van der Waals surface area contributed by atoms with E-state index in [2.05, 4.69) is 25.1 Å². The van der Waals surface area contributed by atoms with Crippen LogP contribution in [0, 0.1) is 6.92 Å². The number of hydrogen-bond acceptors (Lipinski definition) is 2. The molecule has 1 atom stereocenters. The summed E-state index contributed by atoms with van der Waals surface area (Å²) in [5.74, 6) is 0. The fourth-order valence-electron chi connectivity index (χ4n) is 2.49. The number of allylic oxidation sites excluding steroid dienone is 1. The van der Waals surface area contributed by atoms with Crippen molar-refractivity contribution < 1.29 is 5.11 Å². The van der Waals surface area contributed by atoms with Gasteiger partial charge in [0.1, 0.15) is 5.60 Å². The highest BCUT2D eigenvalue weighted by molar-refractivity contribution is 7.12. The van der Waals surface area contributed by atoms with Gasteiger partial charge in [-0.3, -0.25) is 0 Å². The SMILES string of the molecule is Cc1ccc(C(C)(O)/C2=C/CCCCCC2)s1. The molecule has 1 aromatic rings. The van der Waals surface area contributed by atoms with E-state index in [-0.39, 0.29) is 0 Å². The van der Waals surface area contributed by atoms with Crippen molar-refractivity contribution in [3.05, 3.63) is 33.5 Å². The summed E-state index contributed by atoms with van der Waals surface area (Å²) in [5, 5.41) is 10.8. The van der Waals surface area contributed by atoms with Crippen molar-refractivity contribution in [2.45, 2.75) is 58.0 Å². The minimum atomic E-state index is -0.754. The molecule has 1 N–H and O–H groups in total. The van der Waals surface area contributed by atoms with Crippen LogP contribution < -0.4 is 0 Å². The van der Waals surface area contributed by atoms with Crippen molar-refractivity contribution in [3.63, 3.8) is 0 Å². The second-order valence-corrected chi connectivity index (χ2v) is 6.45. The summed E-state index contributed by atoms with van der Waals surface area (Å²) in [6, 6.07) is 4.16. The normalized spacial score (nSPS) is 24.3. The molecule has 17 heavy (non-hydrogen) atoms. The average Bonchev–Trinajstić information content (AvgIpc) is 2.64. The van der Waals surface area contributed by atoms with Crippen LogP contribution in [-0.4, -0.2) is 5.11 Å². The first-order valence-electron chi connectivity index (χ1n) is 6.59. The van der Waals surface area contributed by atoms with E-state index in [4.69, 9.17) is 0 Å². The molecule has 0 saturated carbocycles. The largest absolute Gasteiger partial charge is 0.380 e. The van der Waals surface area contributed by atoms with Crippen LogP contribution in [0.3, 0.4) is 0 Å². The van der Waals surface area contributed by atoms with Gasteiger partial charge in [-0.15, -0.1) is 11.3 Å². The van der Waals surface area contributed by atoms with Gasteiger partial charge in [0.05, 0.1) is 0 Å². The topological polar surface area (TPSA) is 20.2 Å². The van der Waals surface area contributed by atoms with E-state index in [0.29, 0.717) is 0 Å². The van der Waals surface area contributed by atoms with E-state index >= 15 is 0 Å². The molecule has 0 aromatic carbocycles. The Balaban J connectivity index is 2.23. The third-order valence-corrected chi connectivity index (χ3v) is 4.85. The first kappa shape index (κ1) is 12.8. The molecular formula is C15H22OS. The molecule has 0 spiro atoms. The molecule has 94 valence electrons. The number of rotatable bonds is 2. The molecule has 1 aliphatic rings. The molecule has 2 heteroatoms. The van der Waals surface area contributed by atoms with Gasteiger partial charge in [-0.05, 0) is 57.2 Å². The Bertz CT molecular complexity index is 401. The smallest absolute Gasteiger partial charge is 0.117 e. The molecule has 1 aliphatic carbocycles. The maximum atomic E-state index is 10.8. The predicted octanol–water partition coefficient (Wildman–Crippen LogP) is 4.54. The summed E-state index contributed by atoms with van der Waals surface area (Å²) in [6.07, 6.45) is 9.56. The molecule has 1 heterocycles. The zero-order chi connectivity index (χ0) is 12.3. The minimum absolute atomic E-state index is 0.754. The summed E-state index contributed by atoms with van der Waals surface area (Å²) in [4.78, 5) is 2.36. The maximum absolute atomic E-state index is 10.8. The van der Waals surface area contributed by atoms with Gasteiger partial charge in [0.2, 0.25) is 0 Å². The van der Waals surface area contributed by atoms with E-state index < -0.39 is 5.60 Å². The fraction of sp³-hybridized carbons (Fsp3) is 0.600. The van der Waals surface area contributed by atoms with E-state index in [9.17, 15) is 5.11 Å². The molecule has 0 aliphatic heterocycles. The Morgan fingerprint density at radius 3 is 2.65 bits per heavy atom. The fourth-order valence-corrected chi connectivity index (χ4v) is 3.44. The van der Waals surface area contributed by atoms with Gasteiger partial charge in [-0.25, -0.2) is 0 Å². The van der Waals surface area contributed by atoms with Crippen molar-refractivity contribution >= 4 is 11.3 Å². The Morgan fingerprint density at radius 1 is 1.18 bits per heavy atom. The van der Waals surface area contributed by atoms with Gasteiger partial charge in [0.15, 0.2) is 0 Å². The van der Waals surface area contributed by atoms with Crippen molar-refractivity contribution in [1.29, 1.82) is 0 Å². The van der Waals surface area contributed by atoms with Crippen LogP contribution in [0.25, 0.3) is 0 Å². The second-order valence-electron chi connectivity index (χ2n) is 5.16. The Labute approximate surface area is 108 Å². The van der Waals surface area contributed by atoms with Crippen LogP contribution in [-0.2, 0) is 5.60 Å². The third kappa shape index (κ3) is 2.99. The lowest BCUT2D eigenvalue weighted by molar-refractivity contribution is 0.0961. The van der Waals surface area contributed by atoms with Crippen LogP contribution in [0.1, 0.15) is 55.2 Å². The highest BCUT2D eigenvalue weighted by Gasteiger charge is 2.29. The summed E-state index contributed by atoms with van der Waals surface area (Å²) < 4.78 is 0. The Morgan fingerprint density at radius 2 is 1.94 bits per heavy atom. The summed E-state index contributed by atoms with van der Waals surface area (Å²) in [5.41, 5.74) is 0.468. The molecule has 1 unspecified atom stereocenters. The van der Waals surface area contributed by atoms with E-state index in [0.717, 1.165) is 17.7 Å². The van der Waals surface area contributed by atoms with Crippen molar-refractivity contribution in [2.24, 2.45) is 0 Å². The molecule has 0 radical (unpaired) electrons. The monoisotopic (exact) mass is 250 g/mol. The Kier molecular flexibility index (Phi) is 4.05. The average molecular weight is 250 g/mol. The highest BCUT2D eigenvalue weighted by Crippen LogP contribution is 2.37. The zero-order valence-electron chi connectivity index (χ0n) is 10.8. The summed E-state index contributed by atoms with van der Waals surface area (Å²) in [7, 11) is 0. The first-order valence-corrected chi connectivity index (χ1v) is 7.41. The Hall–Kier alpha value is -0.600. The molecule has 0 bridgehead atoms. The van der Waals surface area contributed by atoms with Gasteiger partial charge >= 0.3 is 0 Å². The van der Waals surface area contributed by atoms with Crippen LogP contribution in [0.5, 0.6) is 0 Å². The van der Waals surface area contributed by atoms with Crippen molar-refractivity contribution in [3.8, 4) is 0 Å². The third-order valence-electron chi connectivity index (χ3n) is 3.64. The quantitative estimate of drug-likeness (QED) is 0.764. The molecule has 1 nitrogen and oxygen atoms in total. The number of hydrogen-bond donors (Lipinski definition) is 1. The van der Waals surface area contributed by atoms with Crippen LogP contribution in [0.15, 0.2) is 23.8 Å². The molecule has 0 fully saturated rings. The zero-order valence-corrected chi connectivity index (χ0v) is 11.6. The first-order chi connectivity index (χ1) is 8.10. The molecular weight excluding hydrogens is 228 g/mol. The lowest BCUT2D eigenvalue weighted by Crippen LogP contribution is -2.23. The molecule has 0 saturated heterocycles. The lowest BCUT2D eigenvalue weighted by atomic mass is 9.87. The maximum Gasteiger partial charge on any atom is 0.117 e. The van der Waals surface area contributed by atoms with Crippen molar-refractivity contribution in [1.82, 2.24) is 0 Å². The van der Waals surface area contributed by atoms with E-state index in [1.165, 1.54) is 36.1 Å². The number of aryl methyl sites for hydroxylation is 1. The van der Waals surface area contributed by atoms with Gasteiger partial charge < -0.3 is 5.11 Å². The van der Waals surface area contributed by atoms with Gasteiger partial charge in [-0.2, -0.15) is 0 Å². The lowest BCUT2D eigenvalue weighted by Gasteiger charge is -2.27. The molecule has 0 amide bonds. The van der Waals surface area contributed by atoms with Crippen LogP contribution in [0.4, 0.5) is 0 Å². The molecule has 1 aromatic heterocycles. The van der Waals surface area contributed by atoms with Gasteiger partial charge in [-0.1, -0.05) is 18.9 Å². The highest BCUT2D eigenvalue weighted by atomic mass is 32.1. The molecule has 2 rings (SSSR count). The van der Waals surface area contributed by atoms with Crippen molar-refractivity contribution in [2.75, 3.05) is 0 Å². The predicted molar refractivity (Wildman–Crippen MR) is 74.4 cm³/mol. The van der Waals surface area contributed by atoms with E-state index in [1.807, 2.05) is 6.92 Å².